The van der Waals surface area contributed by atoms with Crippen LogP contribution in [0.2, 0.25) is 0 Å². The number of ether oxygens (including phenoxy) is 2. The Balaban J connectivity index is 1.53. The van der Waals surface area contributed by atoms with Crippen molar-refractivity contribution in [3.05, 3.63) is 70.5 Å². The van der Waals surface area contributed by atoms with E-state index in [0.717, 1.165) is 37.8 Å². The van der Waals surface area contributed by atoms with Gasteiger partial charge in [0, 0.05) is 20.1 Å². The molecule has 0 N–H and O–H groups in total. The normalized spacial score (nSPS) is 18.6. The first kappa shape index (κ1) is 29.5. The highest BCUT2D eigenvalue weighted by molar-refractivity contribution is 5.79. The predicted octanol–water partition coefficient (Wildman–Crippen LogP) is 6.91. The first-order valence-electron chi connectivity index (χ1n) is 13.9. The number of rotatable bonds is 10. The highest BCUT2D eigenvalue weighted by atomic mass is 16.6. The Morgan fingerprint density at radius 2 is 1.76 bits per heavy atom. The molecule has 1 aliphatic carbocycles. The van der Waals surface area contributed by atoms with Crippen LogP contribution in [-0.4, -0.2) is 53.6 Å². The molecule has 1 aromatic rings. The topological polar surface area (TPSA) is 59.1 Å². The van der Waals surface area contributed by atoms with Crippen LogP contribution in [0.25, 0.3) is 0 Å². The van der Waals surface area contributed by atoms with Crippen molar-refractivity contribution in [2.45, 2.75) is 97.8 Å². The van der Waals surface area contributed by atoms with Crippen LogP contribution in [0.3, 0.4) is 0 Å². The number of nitrogens with zero attached hydrogens (tertiary/aromatic N) is 2. The quantitative estimate of drug-likeness (QED) is 0.313. The fourth-order valence-electron chi connectivity index (χ4n) is 4.85. The maximum Gasteiger partial charge on any atom is 0.349 e. The van der Waals surface area contributed by atoms with E-state index in [2.05, 4.69) is 57.2 Å². The fraction of sp³-hybridized carbons (Fsp3) is 0.562. The van der Waals surface area contributed by atoms with E-state index in [1.54, 1.807) is 20.8 Å². The van der Waals surface area contributed by atoms with E-state index >= 15 is 0 Å². The molecule has 1 saturated heterocycles. The van der Waals surface area contributed by atoms with Crippen LogP contribution in [0.1, 0.15) is 85.3 Å². The minimum Gasteiger partial charge on any atom is -0.476 e. The van der Waals surface area contributed by atoms with Crippen LogP contribution in [-0.2, 0) is 26.2 Å². The summed E-state index contributed by atoms with van der Waals surface area (Å²) in [4.78, 5) is 29.0. The lowest BCUT2D eigenvalue weighted by Gasteiger charge is -2.25. The zero-order valence-corrected chi connectivity index (χ0v) is 24.6. The van der Waals surface area contributed by atoms with Gasteiger partial charge >= 0.3 is 12.0 Å². The van der Waals surface area contributed by atoms with Gasteiger partial charge in [0.15, 0.2) is 5.60 Å². The highest BCUT2D eigenvalue weighted by Gasteiger charge is 2.34. The lowest BCUT2D eigenvalue weighted by atomic mass is 9.87. The fourth-order valence-corrected chi connectivity index (χ4v) is 4.85. The van der Waals surface area contributed by atoms with Gasteiger partial charge in [0.25, 0.3) is 0 Å². The summed E-state index contributed by atoms with van der Waals surface area (Å²) in [6.45, 7) is 15.6. The van der Waals surface area contributed by atoms with E-state index < -0.39 is 5.60 Å². The third kappa shape index (κ3) is 7.52. The molecule has 1 aromatic carbocycles. The van der Waals surface area contributed by atoms with Crippen LogP contribution in [0.5, 0.6) is 0 Å². The van der Waals surface area contributed by atoms with Gasteiger partial charge in [-0.3, -0.25) is 0 Å². The maximum atomic E-state index is 12.9. The maximum absolute atomic E-state index is 12.9. The van der Waals surface area contributed by atoms with Crippen molar-refractivity contribution < 1.29 is 19.1 Å². The number of esters is 1. The molecule has 6 nitrogen and oxygen atoms in total. The number of likely N-dealkylation sites (N-methyl/N-ethyl adjacent to an activating group) is 1. The molecule has 0 saturated carbocycles. The van der Waals surface area contributed by atoms with Gasteiger partial charge in [0.05, 0.1) is 12.6 Å². The van der Waals surface area contributed by atoms with E-state index in [1.165, 1.54) is 16.7 Å². The summed E-state index contributed by atoms with van der Waals surface area (Å²) in [6.07, 6.45) is 10.0. The van der Waals surface area contributed by atoms with Crippen molar-refractivity contribution in [3.63, 3.8) is 0 Å². The summed E-state index contributed by atoms with van der Waals surface area (Å²) < 4.78 is 11.2. The monoisotopic (exact) mass is 522 g/mol. The molecule has 6 heteroatoms. The molecule has 2 aliphatic rings. The van der Waals surface area contributed by atoms with Gasteiger partial charge in [-0.05, 0) is 81.6 Å². The summed E-state index contributed by atoms with van der Waals surface area (Å²) >= 11 is 0. The van der Waals surface area contributed by atoms with Gasteiger partial charge in [-0.1, -0.05) is 62.8 Å². The molecule has 208 valence electrons. The lowest BCUT2D eigenvalue weighted by molar-refractivity contribution is -0.163. The van der Waals surface area contributed by atoms with E-state index in [9.17, 15) is 9.59 Å². The Morgan fingerprint density at radius 1 is 1.08 bits per heavy atom. The molecular formula is C32H46N2O4. The molecule has 0 bridgehead atoms. The van der Waals surface area contributed by atoms with Gasteiger partial charge in [0.2, 0.25) is 0 Å². The second-order valence-electron chi connectivity index (χ2n) is 12.0. The van der Waals surface area contributed by atoms with Crippen LogP contribution < -0.4 is 0 Å². The van der Waals surface area contributed by atoms with Crippen molar-refractivity contribution in [1.29, 1.82) is 0 Å². The number of hydrogen-bond acceptors (Lipinski definition) is 4. The number of amides is 2. The van der Waals surface area contributed by atoms with Crippen LogP contribution in [0.4, 0.5) is 4.79 Å². The van der Waals surface area contributed by atoms with Crippen molar-refractivity contribution >= 4 is 12.0 Å². The number of hydrogen-bond donors (Lipinski definition) is 0. The van der Waals surface area contributed by atoms with Crippen molar-refractivity contribution in [2.24, 2.45) is 0 Å². The van der Waals surface area contributed by atoms with E-state index in [1.807, 2.05) is 29.8 Å². The average molecular weight is 523 g/mol. The Morgan fingerprint density at radius 3 is 2.39 bits per heavy atom. The van der Waals surface area contributed by atoms with E-state index in [0.29, 0.717) is 18.9 Å². The Bertz CT molecular complexity index is 1090. The molecule has 1 fully saturated rings. The minimum absolute atomic E-state index is 0.107. The minimum atomic E-state index is -1.05. The molecule has 2 amide bonds. The second-order valence-corrected chi connectivity index (χ2v) is 12.0. The summed E-state index contributed by atoms with van der Waals surface area (Å²) in [5, 5.41) is 0. The highest BCUT2D eigenvalue weighted by Crippen LogP contribution is 2.28. The van der Waals surface area contributed by atoms with Crippen molar-refractivity contribution in [2.75, 3.05) is 20.2 Å². The van der Waals surface area contributed by atoms with Crippen LogP contribution in [0, 0.1) is 0 Å². The largest absolute Gasteiger partial charge is 0.476 e. The molecule has 1 heterocycles. The molecule has 1 atom stereocenters. The molecule has 0 radical (unpaired) electrons. The average Bonchev–Trinajstić information content (AvgIpc) is 2.99. The smallest absolute Gasteiger partial charge is 0.349 e. The summed E-state index contributed by atoms with van der Waals surface area (Å²) in [5.74, 6) is 0.332. The molecule has 1 aliphatic heterocycles. The number of urea groups is 1. The summed E-state index contributed by atoms with van der Waals surface area (Å²) in [7, 11) is 1.92. The number of benzene rings is 1. The molecular weight excluding hydrogens is 476 g/mol. The third-order valence-corrected chi connectivity index (χ3v) is 7.44. The zero-order valence-electron chi connectivity index (χ0n) is 24.6. The van der Waals surface area contributed by atoms with Gasteiger partial charge in [-0.2, -0.15) is 0 Å². The second kappa shape index (κ2) is 12.2. The number of allylic oxidation sites excluding steroid dienone is 5. The standard InChI is InChI=1S/C32H46N2O4/c1-9-37-29(35)32(6,7)38-28-20-17-24(14-13-23(28)2)11-10-12-27-22-34(30(36)33(27)8)21-25-15-18-26(19-16-25)31(3,4)5/h13,15-20,27H,9-12,14,21-22H2,1-8H3. The molecule has 1 unspecified atom stereocenters. The first-order valence-corrected chi connectivity index (χ1v) is 13.9. The van der Waals surface area contributed by atoms with E-state index in [-0.39, 0.29) is 23.5 Å². The van der Waals surface area contributed by atoms with Crippen LogP contribution >= 0.6 is 0 Å². The SMILES string of the molecule is CCOC(=O)C(C)(C)OC1=CC=C(CCCC2CN(Cc3ccc(C(C)(C)C)cc3)C(=O)N2C)CC=C1C. The van der Waals surface area contributed by atoms with Gasteiger partial charge in [-0.15, -0.1) is 0 Å². The Hall–Kier alpha value is -3.02. The molecule has 38 heavy (non-hydrogen) atoms. The summed E-state index contributed by atoms with van der Waals surface area (Å²) in [6, 6.07) is 8.98. The van der Waals surface area contributed by atoms with E-state index in [4.69, 9.17) is 9.47 Å². The molecule has 0 spiro atoms. The predicted molar refractivity (Wildman–Crippen MR) is 153 cm³/mol. The number of carbonyl (C=O) groups is 2. The summed E-state index contributed by atoms with van der Waals surface area (Å²) in [5.41, 5.74) is 3.88. The van der Waals surface area contributed by atoms with Crippen LogP contribution in [0.15, 0.2) is 59.4 Å². The van der Waals surface area contributed by atoms with Crippen molar-refractivity contribution in [3.8, 4) is 0 Å². The van der Waals surface area contributed by atoms with Gasteiger partial charge < -0.3 is 19.3 Å². The van der Waals surface area contributed by atoms with Gasteiger partial charge in [-0.25, -0.2) is 9.59 Å². The zero-order chi connectivity index (χ0) is 28.1. The Kier molecular flexibility index (Phi) is 9.50. The van der Waals surface area contributed by atoms with Crippen molar-refractivity contribution in [1.82, 2.24) is 9.80 Å². The first-order chi connectivity index (χ1) is 17.8. The third-order valence-electron chi connectivity index (χ3n) is 7.44. The number of carbonyl (C=O) groups excluding carboxylic acids is 2. The van der Waals surface area contributed by atoms with Gasteiger partial charge in [0.1, 0.15) is 5.76 Å². The lowest BCUT2D eigenvalue weighted by Crippen LogP contribution is -2.36. The molecule has 3 rings (SSSR count). The molecule has 0 aromatic heterocycles. The Labute approximate surface area is 229 Å².